The molecule has 0 N–H and O–H groups in total. The Kier molecular flexibility index (Phi) is 3.76. The van der Waals surface area contributed by atoms with Crippen molar-refractivity contribution in [2.24, 2.45) is 22.7 Å². The Morgan fingerprint density at radius 3 is 2.62 bits per heavy atom. The molecule has 1 aliphatic heterocycles. The van der Waals surface area contributed by atoms with Gasteiger partial charge in [-0.25, -0.2) is 0 Å². The van der Waals surface area contributed by atoms with Gasteiger partial charge in [-0.1, -0.05) is 20.8 Å². The maximum Gasteiger partial charge on any atom is 0.186 e. The van der Waals surface area contributed by atoms with E-state index >= 15 is 0 Å². The summed E-state index contributed by atoms with van der Waals surface area (Å²) in [7, 11) is 1.74. The first-order valence-electron chi connectivity index (χ1n) is 5.23. The third kappa shape index (κ3) is 2.71. The zero-order valence-electron chi connectivity index (χ0n) is 9.21. The van der Waals surface area contributed by atoms with Crippen molar-refractivity contribution in [3.63, 3.8) is 0 Å². The van der Waals surface area contributed by atoms with Gasteiger partial charge in [0.25, 0.3) is 0 Å². The van der Waals surface area contributed by atoms with E-state index in [0.717, 1.165) is 12.4 Å². The van der Waals surface area contributed by atoms with Gasteiger partial charge in [0, 0.05) is 12.5 Å². The fourth-order valence-corrected chi connectivity index (χ4v) is 1.88. The molecule has 1 aliphatic rings. The molecule has 0 radical (unpaired) electrons. The van der Waals surface area contributed by atoms with Gasteiger partial charge in [-0.15, -0.1) is 0 Å². The minimum Gasteiger partial charge on any atom is -0.484 e. The molecule has 0 fully saturated rings. The number of rotatable bonds is 1. The third-order valence-corrected chi connectivity index (χ3v) is 2.86. The molecule has 0 spiro atoms. The minimum atomic E-state index is 0.537. The van der Waals surface area contributed by atoms with Gasteiger partial charge in [0.15, 0.2) is 5.90 Å². The second-order valence-corrected chi connectivity index (χ2v) is 4.42. The van der Waals surface area contributed by atoms with Crippen LogP contribution in [0.4, 0.5) is 0 Å². The van der Waals surface area contributed by atoms with Crippen LogP contribution < -0.4 is 0 Å². The molecule has 1 rings (SSSR count). The van der Waals surface area contributed by atoms with Gasteiger partial charge >= 0.3 is 0 Å². The van der Waals surface area contributed by atoms with Crippen LogP contribution in [0.3, 0.4) is 0 Å². The summed E-state index contributed by atoms with van der Waals surface area (Å²) in [6, 6.07) is 0. The number of ether oxygens (including phenoxy) is 1. The summed E-state index contributed by atoms with van der Waals surface area (Å²) >= 11 is 0. The molecule has 0 saturated heterocycles. The van der Waals surface area contributed by atoms with Gasteiger partial charge in [0.1, 0.15) is 0 Å². The maximum absolute atomic E-state index is 5.34. The molecular formula is C11H21NO. The Morgan fingerprint density at radius 1 is 1.38 bits per heavy atom. The Hall–Kier alpha value is -0.530. The third-order valence-electron chi connectivity index (χ3n) is 2.86. The monoisotopic (exact) mass is 183 g/mol. The zero-order valence-corrected chi connectivity index (χ0v) is 9.21. The van der Waals surface area contributed by atoms with Crippen molar-refractivity contribution in [1.82, 2.24) is 0 Å². The second-order valence-electron chi connectivity index (χ2n) is 4.42. The van der Waals surface area contributed by atoms with Crippen molar-refractivity contribution in [2.75, 3.05) is 13.7 Å². The van der Waals surface area contributed by atoms with Crippen LogP contribution in [0.1, 0.15) is 33.6 Å². The van der Waals surface area contributed by atoms with Gasteiger partial charge in [0.05, 0.1) is 7.11 Å². The van der Waals surface area contributed by atoms with Crippen LogP contribution in [-0.2, 0) is 4.74 Å². The lowest BCUT2D eigenvalue weighted by Gasteiger charge is -2.19. The number of aliphatic imine (C=N–C) groups is 1. The lowest BCUT2D eigenvalue weighted by molar-refractivity contribution is 0.323. The van der Waals surface area contributed by atoms with Gasteiger partial charge in [-0.3, -0.25) is 4.99 Å². The Labute approximate surface area is 81.4 Å². The van der Waals surface area contributed by atoms with E-state index in [1.807, 2.05) is 0 Å². The van der Waals surface area contributed by atoms with Crippen LogP contribution >= 0.6 is 0 Å². The number of hydrogen-bond donors (Lipinski definition) is 0. The molecule has 0 aromatic carbocycles. The number of methoxy groups -OCH3 is 1. The zero-order chi connectivity index (χ0) is 9.84. The lowest BCUT2D eigenvalue weighted by Crippen LogP contribution is -2.21. The number of nitrogens with zero attached hydrogens (tertiary/aromatic N) is 1. The lowest BCUT2D eigenvalue weighted by atomic mass is 9.89. The van der Waals surface area contributed by atoms with Gasteiger partial charge in [-0.05, 0) is 24.7 Å². The summed E-state index contributed by atoms with van der Waals surface area (Å²) in [5.41, 5.74) is 0. The van der Waals surface area contributed by atoms with E-state index in [0.29, 0.717) is 17.8 Å². The molecule has 0 aromatic rings. The molecule has 0 unspecified atom stereocenters. The summed E-state index contributed by atoms with van der Waals surface area (Å²) in [6.45, 7) is 7.69. The van der Waals surface area contributed by atoms with E-state index in [1.54, 1.807) is 7.11 Å². The first-order chi connectivity index (χ1) is 6.15. The highest BCUT2D eigenvalue weighted by Crippen LogP contribution is 2.25. The molecular weight excluding hydrogens is 162 g/mol. The van der Waals surface area contributed by atoms with E-state index in [1.165, 1.54) is 12.8 Å². The van der Waals surface area contributed by atoms with E-state index in [2.05, 4.69) is 25.8 Å². The predicted molar refractivity (Wildman–Crippen MR) is 56.0 cm³/mol. The van der Waals surface area contributed by atoms with Crippen LogP contribution in [0.25, 0.3) is 0 Å². The second kappa shape index (κ2) is 4.64. The van der Waals surface area contributed by atoms with E-state index in [-0.39, 0.29) is 0 Å². The first kappa shape index (κ1) is 10.6. The van der Waals surface area contributed by atoms with Crippen molar-refractivity contribution < 1.29 is 4.74 Å². The highest BCUT2D eigenvalue weighted by Gasteiger charge is 2.24. The fraction of sp³-hybridized carbons (Fsp3) is 0.909. The quantitative estimate of drug-likeness (QED) is 0.612. The van der Waals surface area contributed by atoms with Crippen LogP contribution in [0, 0.1) is 17.8 Å². The van der Waals surface area contributed by atoms with Crippen LogP contribution in [0.5, 0.6) is 0 Å². The van der Waals surface area contributed by atoms with Crippen molar-refractivity contribution in [1.29, 1.82) is 0 Å². The molecule has 2 heteroatoms. The summed E-state index contributed by atoms with van der Waals surface area (Å²) in [5, 5.41) is 0. The molecule has 0 aliphatic carbocycles. The van der Waals surface area contributed by atoms with Gasteiger partial charge < -0.3 is 4.74 Å². The molecule has 76 valence electrons. The highest BCUT2D eigenvalue weighted by atomic mass is 16.5. The standard InChI is InChI=1S/C11H21NO/c1-8(2)10-6-5-9(3)7-12-11(10)13-4/h8-10H,5-7H2,1-4H3/t9-,10+/m1/s1. The maximum atomic E-state index is 5.34. The summed E-state index contributed by atoms with van der Waals surface area (Å²) in [4.78, 5) is 4.52. The molecule has 0 amide bonds. The van der Waals surface area contributed by atoms with Crippen LogP contribution in [0.15, 0.2) is 4.99 Å². The molecule has 0 aromatic heterocycles. The van der Waals surface area contributed by atoms with E-state index in [4.69, 9.17) is 4.74 Å². The van der Waals surface area contributed by atoms with Crippen molar-refractivity contribution >= 4 is 5.90 Å². The highest BCUT2D eigenvalue weighted by molar-refractivity contribution is 5.79. The summed E-state index contributed by atoms with van der Waals surface area (Å²) in [6.07, 6.45) is 2.50. The van der Waals surface area contributed by atoms with Gasteiger partial charge in [-0.2, -0.15) is 0 Å². The fourth-order valence-electron chi connectivity index (χ4n) is 1.88. The van der Waals surface area contributed by atoms with Crippen molar-refractivity contribution in [3.05, 3.63) is 0 Å². The molecule has 0 bridgehead atoms. The predicted octanol–water partition coefficient (Wildman–Crippen LogP) is 2.73. The average molecular weight is 183 g/mol. The van der Waals surface area contributed by atoms with Crippen molar-refractivity contribution in [3.8, 4) is 0 Å². The SMILES string of the molecule is COC1=NC[C@H](C)CC[C@H]1C(C)C. The smallest absolute Gasteiger partial charge is 0.186 e. The molecule has 2 nitrogen and oxygen atoms in total. The van der Waals surface area contributed by atoms with Crippen molar-refractivity contribution in [2.45, 2.75) is 33.6 Å². The van der Waals surface area contributed by atoms with E-state index in [9.17, 15) is 0 Å². The van der Waals surface area contributed by atoms with E-state index < -0.39 is 0 Å². The Morgan fingerprint density at radius 2 is 2.08 bits per heavy atom. The number of hydrogen-bond acceptors (Lipinski definition) is 2. The minimum absolute atomic E-state index is 0.537. The normalized spacial score (nSPS) is 29.8. The summed E-state index contributed by atoms with van der Waals surface area (Å²) < 4.78 is 5.34. The molecule has 1 heterocycles. The largest absolute Gasteiger partial charge is 0.484 e. The first-order valence-corrected chi connectivity index (χ1v) is 5.23. The molecule has 13 heavy (non-hydrogen) atoms. The van der Waals surface area contributed by atoms with Crippen LogP contribution in [-0.4, -0.2) is 19.6 Å². The summed E-state index contributed by atoms with van der Waals surface area (Å²) in [5.74, 6) is 2.87. The van der Waals surface area contributed by atoms with Crippen LogP contribution in [0.2, 0.25) is 0 Å². The Bertz CT molecular complexity index is 187. The molecule has 2 atom stereocenters. The Balaban J connectivity index is 2.70. The average Bonchev–Trinajstić information content (AvgIpc) is 2.26. The topological polar surface area (TPSA) is 21.6 Å². The van der Waals surface area contributed by atoms with Gasteiger partial charge in [0.2, 0.25) is 0 Å². The molecule has 0 saturated carbocycles.